The van der Waals surface area contributed by atoms with Gasteiger partial charge in [-0.3, -0.25) is 0 Å². The van der Waals surface area contributed by atoms with Crippen LogP contribution in [0, 0.1) is 34.6 Å². The monoisotopic (exact) mass is 1420 g/mol. The minimum absolute atomic E-state index is 0.316. The van der Waals surface area contributed by atoms with Crippen LogP contribution in [0.1, 0.15) is 78.5 Å². The Labute approximate surface area is 634 Å². The quantitative estimate of drug-likeness (QED) is 0.120. The second-order valence-corrected chi connectivity index (χ2v) is 29.5. The van der Waals surface area contributed by atoms with Crippen molar-refractivity contribution >= 4 is 77.2 Å². The van der Waals surface area contributed by atoms with Crippen LogP contribution < -0.4 is 13.7 Å². The average Bonchev–Trinajstić information content (AvgIpc) is 1.60. The third-order valence-electron chi connectivity index (χ3n) is 21.7. The fraction of sp³-hybridized carbons (Fsp3) is 0.155. The molecular formula is C97H86N9O3+3. The lowest BCUT2D eigenvalue weighted by atomic mass is 9.88. The Balaban J connectivity index is 0.000000122. The van der Waals surface area contributed by atoms with Crippen LogP contribution in [0.15, 0.2) is 286 Å². The first-order chi connectivity index (χ1) is 53.0. The highest BCUT2D eigenvalue weighted by Crippen LogP contribution is 2.43. The van der Waals surface area contributed by atoms with E-state index in [0.717, 1.165) is 106 Å². The number of aryl methyl sites for hydroxylation is 9. The van der Waals surface area contributed by atoms with E-state index in [2.05, 4.69) is 330 Å². The second kappa shape index (κ2) is 28.0. The van der Waals surface area contributed by atoms with Crippen LogP contribution in [0.5, 0.6) is 0 Å². The van der Waals surface area contributed by atoms with Crippen LogP contribution in [-0.2, 0) is 28.2 Å². The van der Waals surface area contributed by atoms with Gasteiger partial charge in [0.15, 0.2) is 49.8 Å². The lowest BCUT2D eigenvalue weighted by Gasteiger charge is -2.21. The first kappa shape index (κ1) is 69.0. The van der Waals surface area contributed by atoms with Gasteiger partial charge in [-0.2, -0.15) is 9.13 Å². The van der Waals surface area contributed by atoms with Crippen molar-refractivity contribution < 1.29 is 27.0 Å². The molecule has 0 aliphatic carbocycles. The van der Waals surface area contributed by atoms with Gasteiger partial charge in [0.2, 0.25) is 17.7 Å². The molecule has 0 aliphatic rings. The molecule has 13 aromatic carbocycles. The number of para-hydroxylation sites is 6. The highest BCUT2D eigenvalue weighted by Gasteiger charge is 2.34. The molecule has 0 amide bonds. The summed E-state index contributed by atoms with van der Waals surface area (Å²) in [5.74, 6) is 5.98. The molecule has 534 valence electrons. The van der Waals surface area contributed by atoms with Crippen LogP contribution >= 0.6 is 0 Å². The Bertz CT molecular complexity index is 6630. The molecule has 0 radical (unpaired) electrons. The van der Waals surface area contributed by atoms with E-state index >= 15 is 0 Å². The summed E-state index contributed by atoms with van der Waals surface area (Å²) in [6.07, 6.45) is 0. The summed E-state index contributed by atoms with van der Waals surface area (Å²) in [5.41, 5.74) is 32.0. The zero-order chi connectivity index (χ0) is 75.0. The van der Waals surface area contributed by atoms with Crippen LogP contribution in [0.3, 0.4) is 0 Å². The zero-order valence-corrected chi connectivity index (χ0v) is 63.9. The maximum absolute atomic E-state index is 6.39. The van der Waals surface area contributed by atoms with Crippen molar-refractivity contribution in [2.75, 3.05) is 0 Å². The Morgan fingerprint density at radius 3 is 1.20 bits per heavy atom. The molecule has 0 N–H and O–H groups in total. The van der Waals surface area contributed by atoms with Crippen molar-refractivity contribution in [1.82, 2.24) is 28.7 Å². The van der Waals surface area contributed by atoms with E-state index < -0.39 is 0 Å². The van der Waals surface area contributed by atoms with Crippen LogP contribution in [-0.4, -0.2) is 28.7 Å². The summed E-state index contributed by atoms with van der Waals surface area (Å²) in [6.45, 7) is 19.9. The first-order valence-electron chi connectivity index (χ1n) is 37.5. The van der Waals surface area contributed by atoms with Gasteiger partial charge in [-0.05, 0) is 206 Å². The Hall–Kier alpha value is -13.1. The molecule has 12 nitrogen and oxygen atoms in total. The van der Waals surface area contributed by atoms with Gasteiger partial charge in [-0.25, -0.2) is 33.2 Å². The van der Waals surface area contributed by atoms with Crippen molar-refractivity contribution in [1.29, 1.82) is 0 Å². The standard InChI is InChI=1S/C40H38N3O.C32H24N3O.C25H24N3O/c1-25(2)31-22-30(28-15-9-7-10-16-28)23-32(26(3)4)38(31)43-36-20-14-13-19-35(36)42(6)40(43)33-24-37-34(21-27(33)5)41-39(44-37)29-17-11-8-12-18-29;1-21-19-26-30(36-31(33-26)23-12-4-3-5-13-23)20-25(21)32-34(2)28-16-8-9-17-29(28)35(32)27-18-10-14-22-11-6-7-15-24(22)27;1-15-9-8-10-16(2)23(15)24-26-19-13-17(3)18(14-22(19)29-24)25-27(4)20-11-6-7-12-21(20)28(25)5/h7-26H,1-6H3;3-20H,1-2H3;6-14H,1-5H3/q3*+1. The van der Waals surface area contributed by atoms with Gasteiger partial charge in [0.05, 0.1) is 44.9 Å². The molecule has 0 atom stereocenters. The highest BCUT2D eigenvalue weighted by molar-refractivity contribution is 5.95. The summed E-state index contributed by atoms with van der Waals surface area (Å²) in [4.78, 5) is 14.4. The molecule has 6 heterocycles. The number of aromatic nitrogens is 9. The minimum Gasteiger partial charge on any atom is -0.436 e. The smallest absolute Gasteiger partial charge is 0.295 e. The number of hydrogen-bond acceptors (Lipinski definition) is 6. The summed E-state index contributed by atoms with van der Waals surface area (Å²) in [5, 5.41) is 2.43. The predicted molar refractivity (Wildman–Crippen MR) is 443 cm³/mol. The molecule has 19 aromatic rings. The van der Waals surface area contributed by atoms with Gasteiger partial charge in [0, 0.05) is 33.2 Å². The molecule has 0 unspecified atom stereocenters. The van der Waals surface area contributed by atoms with Crippen molar-refractivity contribution in [3.63, 3.8) is 0 Å². The Morgan fingerprint density at radius 1 is 0.330 bits per heavy atom. The first-order valence-corrected chi connectivity index (χ1v) is 37.5. The number of oxazole rings is 3. The van der Waals surface area contributed by atoms with Crippen molar-refractivity contribution in [2.45, 2.75) is 74.1 Å². The van der Waals surface area contributed by atoms with Gasteiger partial charge in [-0.1, -0.05) is 185 Å². The topological polar surface area (TPSA) is 105 Å². The van der Waals surface area contributed by atoms with Crippen molar-refractivity contribution in [2.24, 2.45) is 28.2 Å². The van der Waals surface area contributed by atoms with Crippen LogP contribution in [0.25, 0.3) is 168 Å². The Morgan fingerprint density at radius 2 is 0.706 bits per heavy atom. The van der Waals surface area contributed by atoms with E-state index in [1.807, 2.05) is 60.7 Å². The molecule has 0 spiro atoms. The SMILES string of the molecule is Cc1cc2nc(-c3c(C)cccc3C)oc2cc1-c1n(C)c2ccccc2[n+]1C.Cc1cc2nc(-c3ccccc3)oc2cc1-c1n(-c2c(C(C)C)cc(-c3ccccc3)cc2C(C)C)c2ccccc2[n+]1C.Cc1cc2nc(-c3ccccc3)oc2cc1-c1n(-c2cccc3ccccc23)c2ccccc2[n+]1C. The number of hydrogen-bond donors (Lipinski definition) is 0. The number of imidazole rings is 3. The Kier molecular flexibility index (Phi) is 17.7. The maximum Gasteiger partial charge on any atom is 0.295 e. The number of nitrogens with zero attached hydrogens (tertiary/aromatic N) is 9. The van der Waals surface area contributed by atoms with E-state index in [4.69, 9.17) is 28.2 Å². The summed E-state index contributed by atoms with van der Waals surface area (Å²) in [6, 6.07) is 95.7. The minimum atomic E-state index is 0.316. The van der Waals surface area contributed by atoms with Gasteiger partial charge >= 0.3 is 0 Å². The van der Waals surface area contributed by atoms with E-state index in [1.54, 1.807) is 0 Å². The van der Waals surface area contributed by atoms with Gasteiger partial charge < -0.3 is 13.3 Å². The van der Waals surface area contributed by atoms with E-state index in [0.29, 0.717) is 29.5 Å². The average molecular weight is 1430 g/mol. The molecule has 19 rings (SSSR count). The normalized spacial score (nSPS) is 11.7. The molecule has 0 aliphatic heterocycles. The molecule has 0 fully saturated rings. The summed E-state index contributed by atoms with van der Waals surface area (Å²) < 4.78 is 32.9. The lowest BCUT2D eigenvalue weighted by molar-refractivity contribution is -0.634. The maximum atomic E-state index is 6.39. The molecule has 0 saturated heterocycles. The van der Waals surface area contributed by atoms with E-state index in [-0.39, 0.29) is 0 Å². The third kappa shape index (κ3) is 12.2. The lowest BCUT2D eigenvalue weighted by Crippen LogP contribution is -2.30. The molecule has 12 heteroatoms. The van der Waals surface area contributed by atoms with E-state index in [9.17, 15) is 0 Å². The highest BCUT2D eigenvalue weighted by atomic mass is 16.4. The molecule has 109 heavy (non-hydrogen) atoms. The van der Waals surface area contributed by atoms with Gasteiger partial charge in [-0.15, -0.1) is 0 Å². The van der Waals surface area contributed by atoms with Crippen molar-refractivity contribution in [3.8, 4) is 91.0 Å². The van der Waals surface area contributed by atoms with Crippen LogP contribution in [0.2, 0.25) is 0 Å². The fourth-order valence-electron chi connectivity index (χ4n) is 16.2. The zero-order valence-electron chi connectivity index (χ0n) is 63.9. The largest absolute Gasteiger partial charge is 0.436 e. The molecule has 6 aromatic heterocycles. The van der Waals surface area contributed by atoms with E-state index in [1.165, 1.54) is 83.0 Å². The fourth-order valence-corrected chi connectivity index (χ4v) is 16.2. The van der Waals surface area contributed by atoms with Crippen LogP contribution in [0.4, 0.5) is 0 Å². The van der Waals surface area contributed by atoms with Gasteiger partial charge in [0.1, 0.15) is 27.9 Å². The molecule has 0 bridgehead atoms. The molecular weight excluding hydrogens is 1340 g/mol. The summed E-state index contributed by atoms with van der Waals surface area (Å²) >= 11 is 0. The predicted octanol–water partition coefficient (Wildman–Crippen LogP) is 22.9. The third-order valence-corrected chi connectivity index (χ3v) is 21.7. The number of benzene rings is 13. The molecule has 0 saturated carbocycles. The number of fused-ring (bicyclic) bond motifs is 7. The number of rotatable bonds is 11. The van der Waals surface area contributed by atoms with Crippen molar-refractivity contribution in [3.05, 3.63) is 312 Å². The second-order valence-electron chi connectivity index (χ2n) is 29.5. The summed E-state index contributed by atoms with van der Waals surface area (Å²) in [7, 11) is 8.54. The van der Waals surface area contributed by atoms with Gasteiger partial charge in [0.25, 0.3) is 17.5 Å².